The number of halogens is 3. The Bertz CT molecular complexity index is 1090. The molecule has 0 aliphatic carbocycles. The number of carbonyl (C=O) groups excluding carboxylic acids is 1. The van der Waals surface area contributed by atoms with Crippen molar-refractivity contribution >= 4 is 34.1 Å². The molecule has 0 saturated carbocycles. The van der Waals surface area contributed by atoms with Gasteiger partial charge in [-0.1, -0.05) is 0 Å². The van der Waals surface area contributed by atoms with Gasteiger partial charge in [0.15, 0.2) is 5.82 Å². The molecule has 0 bridgehead atoms. The summed E-state index contributed by atoms with van der Waals surface area (Å²) < 4.78 is 50.5. The molecule has 0 spiro atoms. The predicted molar refractivity (Wildman–Crippen MR) is 111 cm³/mol. The van der Waals surface area contributed by atoms with Gasteiger partial charge in [-0.05, 0) is 26.0 Å². The summed E-state index contributed by atoms with van der Waals surface area (Å²) >= 11 is 0.869. The molecule has 3 rings (SSSR count). The first-order chi connectivity index (χ1) is 14.5. The van der Waals surface area contributed by atoms with Crippen molar-refractivity contribution < 1.29 is 22.7 Å². The Labute approximate surface area is 180 Å². The van der Waals surface area contributed by atoms with Crippen molar-refractivity contribution in [2.75, 3.05) is 17.3 Å². The molecule has 0 saturated heterocycles. The molecule has 0 radical (unpaired) electrons. The van der Waals surface area contributed by atoms with E-state index in [1.807, 2.05) is 13.8 Å². The molecule has 31 heavy (non-hydrogen) atoms. The van der Waals surface area contributed by atoms with E-state index in [4.69, 9.17) is 4.74 Å². The molecule has 0 aromatic carbocycles. The number of hydrogen-bond acceptors (Lipinski definition) is 8. The van der Waals surface area contributed by atoms with Crippen LogP contribution in [-0.4, -0.2) is 38.4 Å². The molecule has 0 unspecified atom stereocenters. The molecule has 0 aliphatic heterocycles. The fourth-order valence-electron chi connectivity index (χ4n) is 2.49. The number of anilines is 3. The highest BCUT2D eigenvalue weighted by molar-refractivity contribution is 7.09. The summed E-state index contributed by atoms with van der Waals surface area (Å²) in [5.41, 5.74) is -0.584. The zero-order valence-electron chi connectivity index (χ0n) is 17.1. The van der Waals surface area contributed by atoms with Crippen molar-refractivity contribution in [2.45, 2.75) is 33.1 Å². The average Bonchev–Trinajstić information content (AvgIpc) is 3.15. The van der Waals surface area contributed by atoms with Gasteiger partial charge < -0.3 is 15.0 Å². The minimum atomic E-state index is -4.69. The van der Waals surface area contributed by atoms with Crippen LogP contribution in [0.5, 0.6) is 5.75 Å². The number of aromatic nitrogens is 4. The van der Waals surface area contributed by atoms with E-state index in [1.165, 1.54) is 26.4 Å². The van der Waals surface area contributed by atoms with Gasteiger partial charge >= 0.3 is 6.18 Å². The summed E-state index contributed by atoms with van der Waals surface area (Å²) in [5, 5.41) is 2.67. The molecule has 164 valence electrons. The Hall–Kier alpha value is -3.28. The zero-order chi connectivity index (χ0) is 22.8. The van der Waals surface area contributed by atoms with Gasteiger partial charge in [0.05, 0.1) is 18.0 Å². The van der Waals surface area contributed by atoms with E-state index in [-0.39, 0.29) is 22.7 Å². The lowest BCUT2D eigenvalue weighted by Gasteiger charge is -2.18. The van der Waals surface area contributed by atoms with Crippen LogP contribution in [0.3, 0.4) is 0 Å². The second-order valence-corrected chi connectivity index (χ2v) is 7.51. The van der Waals surface area contributed by atoms with Crippen molar-refractivity contribution in [3.63, 3.8) is 0 Å². The Morgan fingerprint density at radius 2 is 2.00 bits per heavy atom. The predicted octanol–water partition coefficient (Wildman–Crippen LogP) is 4.53. The van der Waals surface area contributed by atoms with E-state index in [0.29, 0.717) is 11.4 Å². The maximum atomic E-state index is 13.6. The molecule has 0 aliphatic rings. The Balaban J connectivity index is 1.89. The lowest BCUT2D eigenvalue weighted by Crippen LogP contribution is -2.24. The van der Waals surface area contributed by atoms with Gasteiger partial charge in [-0.25, -0.2) is 4.98 Å². The molecule has 1 amide bonds. The molecular formula is C19H19F3N6O2S. The van der Waals surface area contributed by atoms with E-state index >= 15 is 0 Å². The van der Waals surface area contributed by atoms with Crippen LogP contribution in [0.15, 0.2) is 30.6 Å². The Morgan fingerprint density at radius 1 is 1.26 bits per heavy atom. The smallest absolute Gasteiger partial charge is 0.420 e. The highest BCUT2D eigenvalue weighted by atomic mass is 32.1. The van der Waals surface area contributed by atoms with Crippen LogP contribution >= 0.6 is 11.5 Å². The second kappa shape index (κ2) is 8.84. The lowest BCUT2D eigenvalue weighted by atomic mass is 10.2. The number of ether oxygens (including phenoxy) is 1. The monoisotopic (exact) mass is 452 g/mol. The van der Waals surface area contributed by atoms with Crippen LogP contribution in [0.1, 0.15) is 26.3 Å². The number of nitrogens with one attached hydrogen (secondary N) is 1. The highest BCUT2D eigenvalue weighted by Crippen LogP contribution is 2.37. The van der Waals surface area contributed by atoms with Gasteiger partial charge in [0.2, 0.25) is 11.0 Å². The molecule has 0 atom stereocenters. The first-order valence-corrected chi connectivity index (χ1v) is 9.87. The van der Waals surface area contributed by atoms with E-state index in [2.05, 4.69) is 24.6 Å². The number of carbonyl (C=O) groups is 1. The van der Waals surface area contributed by atoms with Crippen LogP contribution < -0.4 is 15.0 Å². The Kier molecular flexibility index (Phi) is 6.39. The molecule has 3 aromatic rings. The number of amides is 1. The number of pyridine rings is 2. The van der Waals surface area contributed by atoms with Crippen molar-refractivity contribution in [3.05, 3.63) is 36.2 Å². The number of hydrogen-bond donors (Lipinski definition) is 1. The van der Waals surface area contributed by atoms with E-state index in [9.17, 15) is 18.0 Å². The summed E-state index contributed by atoms with van der Waals surface area (Å²) in [7, 11) is 1.37. The van der Waals surface area contributed by atoms with Crippen molar-refractivity contribution in [2.24, 2.45) is 0 Å². The number of nitrogens with zero attached hydrogens (tertiary/aromatic N) is 5. The fourth-order valence-corrected chi connectivity index (χ4v) is 3.07. The van der Waals surface area contributed by atoms with E-state index in [0.717, 1.165) is 22.5 Å². The summed E-state index contributed by atoms with van der Waals surface area (Å²) in [6.45, 7) is 5.01. The topological polar surface area (TPSA) is 93.1 Å². The molecule has 1 N–H and O–H groups in total. The average molecular weight is 452 g/mol. The molecule has 0 fully saturated rings. The minimum absolute atomic E-state index is 0.0227. The lowest BCUT2D eigenvalue weighted by molar-refractivity contribution is -0.137. The summed E-state index contributed by atoms with van der Waals surface area (Å²) in [4.78, 5) is 24.8. The van der Waals surface area contributed by atoms with Gasteiger partial charge in [0, 0.05) is 37.8 Å². The van der Waals surface area contributed by atoms with Gasteiger partial charge in [-0.15, -0.1) is 0 Å². The highest BCUT2D eigenvalue weighted by Gasteiger charge is 2.35. The minimum Gasteiger partial charge on any atom is -0.491 e. The van der Waals surface area contributed by atoms with Crippen LogP contribution in [0, 0.1) is 0 Å². The molecule has 3 heterocycles. The van der Waals surface area contributed by atoms with Crippen LogP contribution in [0.2, 0.25) is 0 Å². The van der Waals surface area contributed by atoms with Crippen LogP contribution in [0.25, 0.3) is 11.5 Å². The van der Waals surface area contributed by atoms with Crippen LogP contribution in [-0.2, 0) is 11.0 Å². The SMILES string of the molecule is CC(=O)N(C)c1cnc(Nc2nc(-c3cc(OC(C)C)ccn3)ns2)c(C(F)(F)F)c1. The van der Waals surface area contributed by atoms with Gasteiger partial charge in [-0.2, -0.15) is 22.5 Å². The van der Waals surface area contributed by atoms with Crippen molar-refractivity contribution in [1.29, 1.82) is 0 Å². The Morgan fingerprint density at radius 3 is 2.65 bits per heavy atom. The first-order valence-electron chi connectivity index (χ1n) is 9.10. The quantitative estimate of drug-likeness (QED) is 0.587. The third-order valence-electron chi connectivity index (χ3n) is 4.02. The number of rotatable bonds is 6. The molecule has 8 nitrogen and oxygen atoms in total. The zero-order valence-corrected chi connectivity index (χ0v) is 17.9. The standard InChI is InChI=1S/C19H19F3N6O2S/c1-10(2)30-13-5-6-23-15(8-13)17-26-18(31-27-17)25-16-14(19(20,21)22)7-12(9-24-16)28(4)11(3)29/h5-10H,1-4H3,(H,24,25,26,27). The largest absolute Gasteiger partial charge is 0.491 e. The molecular weight excluding hydrogens is 433 g/mol. The van der Waals surface area contributed by atoms with Gasteiger partial charge in [0.25, 0.3) is 0 Å². The van der Waals surface area contributed by atoms with Gasteiger partial charge in [0.1, 0.15) is 22.8 Å². The van der Waals surface area contributed by atoms with Gasteiger partial charge in [-0.3, -0.25) is 9.78 Å². The summed E-state index contributed by atoms with van der Waals surface area (Å²) in [6.07, 6.45) is -2.02. The number of alkyl halides is 3. The second-order valence-electron chi connectivity index (χ2n) is 6.76. The maximum Gasteiger partial charge on any atom is 0.420 e. The fraction of sp³-hybridized carbons (Fsp3) is 0.316. The van der Waals surface area contributed by atoms with E-state index < -0.39 is 23.5 Å². The third-order valence-corrected chi connectivity index (χ3v) is 4.65. The molecule has 3 aromatic heterocycles. The maximum absolute atomic E-state index is 13.6. The first kappa shape index (κ1) is 22.4. The van der Waals surface area contributed by atoms with E-state index in [1.54, 1.807) is 12.1 Å². The van der Waals surface area contributed by atoms with Crippen LogP contribution in [0.4, 0.5) is 29.8 Å². The van der Waals surface area contributed by atoms with Crippen molar-refractivity contribution in [1.82, 2.24) is 19.3 Å². The summed E-state index contributed by atoms with van der Waals surface area (Å²) in [5.74, 6) is -0.0416. The molecule has 12 heteroatoms. The third kappa shape index (κ3) is 5.45. The summed E-state index contributed by atoms with van der Waals surface area (Å²) in [6, 6.07) is 4.19. The van der Waals surface area contributed by atoms with Crippen molar-refractivity contribution in [3.8, 4) is 17.3 Å². The normalized spacial score (nSPS) is 11.5.